The third-order valence-electron chi connectivity index (χ3n) is 4.93. The SMILES string of the molecule is CC(CN1CCOCC1)N(Cc1ccccc1)C(=O)C1=CCCC1. The number of morpholine rings is 1. The molecule has 0 bridgehead atoms. The number of amides is 1. The van der Waals surface area contributed by atoms with Crippen LogP contribution in [0.1, 0.15) is 31.7 Å². The lowest BCUT2D eigenvalue weighted by Crippen LogP contribution is -2.48. The van der Waals surface area contributed by atoms with E-state index in [1.165, 1.54) is 5.56 Å². The molecule has 24 heavy (non-hydrogen) atoms. The highest BCUT2D eigenvalue weighted by atomic mass is 16.5. The molecule has 1 saturated heterocycles. The number of carbonyl (C=O) groups is 1. The zero-order valence-electron chi connectivity index (χ0n) is 14.6. The first-order valence-electron chi connectivity index (χ1n) is 9.08. The van der Waals surface area contributed by atoms with E-state index in [0.29, 0.717) is 6.54 Å². The molecule has 2 aliphatic rings. The Morgan fingerprint density at radius 1 is 1.25 bits per heavy atom. The minimum Gasteiger partial charge on any atom is -0.379 e. The van der Waals surface area contributed by atoms with E-state index >= 15 is 0 Å². The predicted octanol–water partition coefficient (Wildman–Crippen LogP) is 2.85. The number of carbonyl (C=O) groups excluding carboxylic acids is 1. The van der Waals surface area contributed by atoms with Gasteiger partial charge in [-0.15, -0.1) is 0 Å². The molecule has 0 aromatic heterocycles. The third kappa shape index (κ3) is 4.46. The van der Waals surface area contributed by atoms with Crippen LogP contribution in [-0.4, -0.2) is 54.6 Å². The minimum absolute atomic E-state index is 0.192. The van der Waals surface area contributed by atoms with E-state index in [0.717, 1.165) is 57.7 Å². The van der Waals surface area contributed by atoms with Gasteiger partial charge in [0.1, 0.15) is 0 Å². The molecular formula is C20H28N2O2. The average Bonchev–Trinajstić information content (AvgIpc) is 3.15. The number of ether oxygens (including phenoxy) is 1. The Balaban J connectivity index is 1.71. The first-order chi connectivity index (χ1) is 11.7. The van der Waals surface area contributed by atoms with Gasteiger partial charge in [-0.05, 0) is 31.7 Å². The lowest BCUT2D eigenvalue weighted by atomic mass is 10.1. The van der Waals surface area contributed by atoms with E-state index in [1.807, 2.05) is 18.2 Å². The van der Waals surface area contributed by atoms with Gasteiger partial charge >= 0.3 is 0 Å². The van der Waals surface area contributed by atoms with Gasteiger partial charge in [0, 0.05) is 37.8 Å². The maximum atomic E-state index is 13.0. The summed E-state index contributed by atoms with van der Waals surface area (Å²) < 4.78 is 5.43. The summed E-state index contributed by atoms with van der Waals surface area (Å²) in [4.78, 5) is 17.5. The van der Waals surface area contributed by atoms with Crippen LogP contribution in [0.3, 0.4) is 0 Å². The highest BCUT2D eigenvalue weighted by molar-refractivity contribution is 5.94. The maximum absolute atomic E-state index is 13.0. The van der Waals surface area contributed by atoms with Gasteiger partial charge in [0.05, 0.1) is 13.2 Å². The van der Waals surface area contributed by atoms with Crippen molar-refractivity contribution in [2.45, 2.75) is 38.8 Å². The Kier molecular flexibility index (Phi) is 6.05. The third-order valence-corrected chi connectivity index (χ3v) is 4.93. The smallest absolute Gasteiger partial charge is 0.250 e. The summed E-state index contributed by atoms with van der Waals surface area (Å²) in [6.45, 7) is 7.28. The Hall–Kier alpha value is -1.65. The van der Waals surface area contributed by atoms with Crippen molar-refractivity contribution in [3.05, 3.63) is 47.5 Å². The molecule has 3 rings (SSSR count). The Morgan fingerprint density at radius 3 is 2.67 bits per heavy atom. The van der Waals surface area contributed by atoms with Gasteiger partial charge in [0.25, 0.3) is 0 Å². The van der Waals surface area contributed by atoms with Crippen LogP contribution in [-0.2, 0) is 16.1 Å². The summed E-state index contributed by atoms with van der Waals surface area (Å²) in [5.41, 5.74) is 2.19. The summed E-state index contributed by atoms with van der Waals surface area (Å²) in [7, 11) is 0. The standard InChI is InChI=1S/C20H28N2O2/c1-17(15-21-11-13-24-14-12-21)22(16-18-7-3-2-4-8-18)20(23)19-9-5-6-10-19/h2-4,7-9,17H,5-6,10-16H2,1H3. The van der Waals surface area contributed by atoms with Crippen LogP contribution in [0.2, 0.25) is 0 Å². The second-order valence-corrected chi connectivity index (χ2v) is 6.80. The highest BCUT2D eigenvalue weighted by Crippen LogP contribution is 2.22. The van der Waals surface area contributed by atoms with E-state index in [1.54, 1.807) is 0 Å². The quantitative estimate of drug-likeness (QED) is 0.805. The fraction of sp³-hybridized carbons (Fsp3) is 0.550. The normalized spacial score (nSPS) is 19.8. The molecule has 0 saturated carbocycles. The molecule has 1 heterocycles. The summed E-state index contributed by atoms with van der Waals surface area (Å²) in [5, 5.41) is 0. The minimum atomic E-state index is 0.192. The number of hydrogen-bond acceptors (Lipinski definition) is 3. The van der Waals surface area contributed by atoms with E-state index < -0.39 is 0 Å². The molecular weight excluding hydrogens is 300 g/mol. The van der Waals surface area contributed by atoms with Crippen molar-refractivity contribution in [3.63, 3.8) is 0 Å². The molecule has 1 aromatic rings. The molecule has 0 N–H and O–H groups in total. The monoisotopic (exact) mass is 328 g/mol. The summed E-state index contributed by atoms with van der Waals surface area (Å²) in [6, 6.07) is 10.5. The van der Waals surface area contributed by atoms with Gasteiger partial charge in [-0.25, -0.2) is 0 Å². The van der Waals surface area contributed by atoms with Crippen LogP contribution in [0.4, 0.5) is 0 Å². The number of hydrogen-bond donors (Lipinski definition) is 0. The lowest BCUT2D eigenvalue weighted by molar-refractivity contribution is -0.130. The van der Waals surface area contributed by atoms with Gasteiger partial charge in [-0.2, -0.15) is 0 Å². The molecule has 1 fully saturated rings. The van der Waals surface area contributed by atoms with Crippen LogP contribution in [0.15, 0.2) is 42.0 Å². The summed E-state index contributed by atoms with van der Waals surface area (Å²) in [5.74, 6) is 0.220. The Morgan fingerprint density at radius 2 is 2.00 bits per heavy atom. The molecule has 1 aliphatic heterocycles. The number of rotatable bonds is 6. The zero-order valence-corrected chi connectivity index (χ0v) is 14.6. The molecule has 130 valence electrons. The summed E-state index contributed by atoms with van der Waals surface area (Å²) in [6.07, 6.45) is 5.20. The van der Waals surface area contributed by atoms with Crippen molar-refractivity contribution in [2.75, 3.05) is 32.8 Å². The first kappa shape index (κ1) is 17.2. The summed E-state index contributed by atoms with van der Waals surface area (Å²) >= 11 is 0. The maximum Gasteiger partial charge on any atom is 0.250 e. The molecule has 1 unspecified atom stereocenters. The number of nitrogens with zero attached hydrogens (tertiary/aromatic N) is 2. The van der Waals surface area contributed by atoms with Gasteiger partial charge < -0.3 is 9.64 Å². The topological polar surface area (TPSA) is 32.8 Å². The van der Waals surface area contributed by atoms with E-state index in [4.69, 9.17) is 4.74 Å². The number of benzene rings is 1. The van der Waals surface area contributed by atoms with Crippen LogP contribution in [0.5, 0.6) is 0 Å². The van der Waals surface area contributed by atoms with E-state index in [9.17, 15) is 4.79 Å². The highest BCUT2D eigenvalue weighted by Gasteiger charge is 2.26. The lowest BCUT2D eigenvalue weighted by Gasteiger charge is -2.35. The van der Waals surface area contributed by atoms with Gasteiger partial charge in [-0.3, -0.25) is 9.69 Å². The zero-order chi connectivity index (χ0) is 16.8. The molecule has 4 heteroatoms. The van der Waals surface area contributed by atoms with Crippen LogP contribution in [0.25, 0.3) is 0 Å². The molecule has 1 amide bonds. The van der Waals surface area contributed by atoms with Gasteiger partial charge in [-0.1, -0.05) is 36.4 Å². The van der Waals surface area contributed by atoms with Gasteiger partial charge in [0.15, 0.2) is 0 Å². The van der Waals surface area contributed by atoms with Gasteiger partial charge in [0.2, 0.25) is 5.91 Å². The van der Waals surface area contributed by atoms with Crippen molar-refractivity contribution < 1.29 is 9.53 Å². The van der Waals surface area contributed by atoms with Crippen molar-refractivity contribution in [1.29, 1.82) is 0 Å². The second kappa shape index (κ2) is 8.45. The van der Waals surface area contributed by atoms with E-state index in [-0.39, 0.29) is 11.9 Å². The van der Waals surface area contributed by atoms with Crippen molar-refractivity contribution >= 4 is 5.91 Å². The molecule has 1 aliphatic carbocycles. The second-order valence-electron chi connectivity index (χ2n) is 6.80. The van der Waals surface area contributed by atoms with Crippen molar-refractivity contribution in [2.24, 2.45) is 0 Å². The fourth-order valence-corrected chi connectivity index (χ4v) is 3.51. The fourth-order valence-electron chi connectivity index (χ4n) is 3.51. The van der Waals surface area contributed by atoms with Crippen LogP contribution in [0, 0.1) is 0 Å². The molecule has 0 spiro atoms. The number of allylic oxidation sites excluding steroid dienone is 1. The predicted molar refractivity (Wildman–Crippen MR) is 95.6 cm³/mol. The van der Waals surface area contributed by atoms with Crippen LogP contribution >= 0.6 is 0 Å². The Labute approximate surface area is 145 Å². The molecule has 1 aromatic carbocycles. The van der Waals surface area contributed by atoms with E-state index in [2.05, 4.69) is 34.9 Å². The largest absolute Gasteiger partial charge is 0.379 e. The average molecular weight is 328 g/mol. The molecule has 0 radical (unpaired) electrons. The van der Waals surface area contributed by atoms with Crippen molar-refractivity contribution in [1.82, 2.24) is 9.80 Å². The first-order valence-corrected chi connectivity index (χ1v) is 9.08. The molecule has 1 atom stereocenters. The Bertz CT molecular complexity index is 564. The van der Waals surface area contributed by atoms with Crippen molar-refractivity contribution in [3.8, 4) is 0 Å². The van der Waals surface area contributed by atoms with Crippen LogP contribution < -0.4 is 0 Å². The molecule has 4 nitrogen and oxygen atoms in total.